The minimum atomic E-state index is -2.58. The van der Waals surface area contributed by atoms with E-state index in [-0.39, 0.29) is 10.1 Å². The van der Waals surface area contributed by atoms with Gasteiger partial charge in [0, 0.05) is 13.2 Å². The molecule has 166 valence electrons. The Labute approximate surface area is 191 Å². The molecule has 0 amide bonds. The lowest BCUT2D eigenvalue weighted by Crippen LogP contribution is -2.88. The minimum Gasteiger partial charge on any atom is -0.381 e. The fraction of sp³-hybridized carbons (Fsp3) is 0.481. The average Bonchev–Trinajstić information content (AvgIpc) is 2.82. The number of ether oxygens (including phenoxy) is 2. The van der Waals surface area contributed by atoms with Gasteiger partial charge in [0.25, 0.3) is 0 Å². The fourth-order valence-corrected chi connectivity index (χ4v) is 19.8. The molecule has 2 aliphatic heterocycles. The maximum Gasteiger partial charge on any atom is 0.183 e. The Kier molecular flexibility index (Phi) is 7.02. The summed E-state index contributed by atoms with van der Waals surface area (Å²) in [4.78, 5) is -0.0751. The second-order valence-electron chi connectivity index (χ2n) is 9.62. The molecule has 0 saturated carbocycles. The van der Waals surface area contributed by atoms with Gasteiger partial charge < -0.3 is 9.47 Å². The Morgan fingerprint density at radius 3 is 1.81 bits per heavy atom. The van der Waals surface area contributed by atoms with E-state index in [1.807, 2.05) is 0 Å². The molecule has 4 heteroatoms. The van der Waals surface area contributed by atoms with Crippen molar-refractivity contribution in [1.82, 2.24) is 0 Å². The Balaban J connectivity index is 2.13. The van der Waals surface area contributed by atoms with Crippen molar-refractivity contribution in [2.45, 2.75) is 68.1 Å². The predicted molar refractivity (Wildman–Crippen MR) is 137 cm³/mol. The Bertz CT molecular complexity index is 799. The third-order valence-corrected chi connectivity index (χ3v) is 19.2. The molecule has 4 rings (SSSR count). The second-order valence-corrected chi connectivity index (χ2v) is 17.9. The van der Waals surface area contributed by atoms with E-state index in [4.69, 9.17) is 9.47 Å². The first-order valence-corrected chi connectivity index (χ1v) is 17.0. The maximum absolute atomic E-state index is 7.14. The van der Waals surface area contributed by atoms with Gasteiger partial charge in [0.05, 0.1) is 18.9 Å². The topological polar surface area (TPSA) is 18.5 Å². The highest BCUT2D eigenvalue weighted by Crippen LogP contribution is 2.47. The lowest BCUT2D eigenvalue weighted by atomic mass is 10.1. The molecule has 0 radical (unpaired) electrons. The van der Waals surface area contributed by atoms with Gasteiger partial charge in [-0.05, 0) is 55.3 Å². The summed E-state index contributed by atoms with van der Waals surface area (Å²) in [5, 5.41) is 2.74. The van der Waals surface area contributed by atoms with Gasteiger partial charge in [0.1, 0.15) is 0 Å². The normalized spacial score (nSPS) is 27.2. The monoisotopic (exact) mass is 450 g/mol. The molecule has 2 heterocycles. The van der Waals surface area contributed by atoms with E-state index in [0.717, 1.165) is 38.9 Å². The summed E-state index contributed by atoms with van der Waals surface area (Å²) in [6.45, 7) is 11.0. The quantitative estimate of drug-likeness (QED) is 0.445. The molecule has 2 aromatic carbocycles. The van der Waals surface area contributed by atoms with Crippen molar-refractivity contribution in [3.63, 3.8) is 0 Å². The van der Waals surface area contributed by atoms with Crippen LogP contribution in [-0.4, -0.2) is 40.2 Å². The minimum absolute atomic E-state index is 0.0751. The van der Waals surface area contributed by atoms with Crippen molar-refractivity contribution >= 4 is 27.2 Å². The number of hydrogen-bond donors (Lipinski definition) is 0. The van der Waals surface area contributed by atoms with E-state index in [0.29, 0.717) is 0 Å². The molecule has 0 bridgehead atoms. The third-order valence-electron chi connectivity index (χ3n) is 7.79. The van der Waals surface area contributed by atoms with Crippen molar-refractivity contribution in [2.75, 3.05) is 13.2 Å². The fourth-order valence-electron chi connectivity index (χ4n) is 6.64. The van der Waals surface area contributed by atoms with Crippen molar-refractivity contribution < 1.29 is 9.47 Å². The molecule has 0 N–H and O–H groups in total. The largest absolute Gasteiger partial charge is 0.381 e. The molecule has 0 spiro atoms. The lowest BCUT2D eigenvalue weighted by Gasteiger charge is -2.62. The van der Waals surface area contributed by atoms with E-state index >= 15 is 0 Å². The van der Waals surface area contributed by atoms with Crippen LogP contribution in [0.15, 0.2) is 73.3 Å². The van der Waals surface area contributed by atoms with Crippen LogP contribution >= 0.6 is 0 Å². The standard InChI is InChI=1S/C27H38O2Si2/c1-4-19-26(20-11-13-22-28-26)31(24-15-7-5-8-16-24,25-17-9-6-10-18-25)27(30(2)3)21-12-14-23-29-27/h4-10,15-18,30H,1,11-14,19-23H2,2-3H3. The molecular formula is C27H38O2Si2. The molecular weight excluding hydrogens is 412 g/mol. The van der Waals surface area contributed by atoms with Crippen LogP contribution in [0.3, 0.4) is 0 Å². The van der Waals surface area contributed by atoms with Crippen molar-refractivity contribution in [3.05, 3.63) is 73.3 Å². The Morgan fingerprint density at radius 2 is 1.39 bits per heavy atom. The summed E-state index contributed by atoms with van der Waals surface area (Å²) in [6, 6.07) is 22.7. The lowest BCUT2D eigenvalue weighted by molar-refractivity contribution is -0.0406. The van der Waals surface area contributed by atoms with Crippen LogP contribution in [0.2, 0.25) is 13.1 Å². The van der Waals surface area contributed by atoms with Crippen LogP contribution in [0.1, 0.15) is 44.9 Å². The van der Waals surface area contributed by atoms with Crippen LogP contribution in [0.4, 0.5) is 0 Å². The van der Waals surface area contributed by atoms with E-state index in [1.165, 1.54) is 29.6 Å². The smallest absolute Gasteiger partial charge is 0.183 e. The highest BCUT2D eigenvalue weighted by Gasteiger charge is 2.69. The van der Waals surface area contributed by atoms with Crippen LogP contribution in [-0.2, 0) is 9.47 Å². The van der Waals surface area contributed by atoms with Gasteiger partial charge in [-0.2, -0.15) is 0 Å². The molecule has 2 nitrogen and oxygen atoms in total. The number of hydrogen-bond acceptors (Lipinski definition) is 2. The number of benzene rings is 2. The first kappa shape index (κ1) is 22.7. The first-order chi connectivity index (χ1) is 15.1. The van der Waals surface area contributed by atoms with Gasteiger partial charge in [0.2, 0.25) is 0 Å². The van der Waals surface area contributed by atoms with Gasteiger partial charge >= 0.3 is 0 Å². The summed E-state index contributed by atoms with van der Waals surface area (Å²) in [7, 11) is -3.85. The van der Waals surface area contributed by atoms with Crippen molar-refractivity contribution in [3.8, 4) is 0 Å². The van der Waals surface area contributed by atoms with Crippen LogP contribution in [0.25, 0.3) is 0 Å². The van der Waals surface area contributed by atoms with Crippen LogP contribution < -0.4 is 10.4 Å². The zero-order valence-electron chi connectivity index (χ0n) is 19.3. The predicted octanol–water partition coefficient (Wildman–Crippen LogP) is 4.81. The Hall–Kier alpha value is -1.47. The zero-order valence-corrected chi connectivity index (χ0v) is 21.5. The summed E-state index contributed by atoms with van der Waals surface area (Å²) in [6.07, 6.45) is 10.1. The molecule has 2 aliphatic rings. The Morgan fingerprint density at radius 1 is 0.839 bits per heavy atom. The van der Waals surface area contributed by atoms with Gasteiger partial charge in [-0.1, -0.05) is 79.8 Å². The number of rotatable bonds is 7. The van der Waals surface area contributed by atoms with Gasteiger partial charge in [-0.15, -0.1) is 6.58 Å². The van der Waals surface area contributed by atoms with E-state index in [2.05, 4.69) is 86.4 Å². The molecule has 2 atom stereocenters. The maximum atomic E-state index is 7.14. The van der Waals surface area contributed by atoms with E-state index in [1.54, 1.807) is 0 Å². The molecule has 2 saturated heterocycles. The molecule has 31 heavy (non-hydrogen) atoms. The van der Waals surface area contributed by atoms with Crippen LogP contribution in [0.5, 0.6) is 0 Å². The summed E-state index contributed by atoms with van der Waals surface area (Å²) < 4.78 is 14.2. The summed E-state index contributed by atoms with van der Waals surface area (Å²) >= 11 is 0. The third kappa shape index (κ3) is 3.62. The highest BCUT2D eigenvalue weighted by atomic mass is 28.4. The van der Waals surface area contributed by atoms with E-state index in [9.17, 15) is 0 Å². The van der Waals surface area contributed by atoms with Gasteiger partial charge in [-0.3, -0.25) is 0 Å². The van der Waals surface area contributed by atoms with Gasteiger partial charge in [0.15, 0.2) is 8.07 Å². The van der Waals surface area contributed by atoms with Gasteiger partial charge in [-0.25, -0.2) is 0 Å². The summed E-state index contributed by atoms with van der Waals surface area (Å²) in [5.74, 6) is 0. The molecule has 2 fully saturated rings. The average molecular weight is 451 g/mol. The molecule has 2 aromatic rings. The molecule has 0 aromatic heterocycles. The molecule has 0 aliphatic carbocycles. The highest BCUT2D eigenvalue weighted by molar-refractivity contribution is 7.12. The zero-order chi connectivity index (χ0) is 21.8. The second kappa shape index (κ2) is 9.57. The SMILES string of the molecule is C=CCC1([Si](c2ccccc2)(c2ccccc2)C2([SiH](C)C)CCCCO2)CCCCO1. The first-order valence-electron chi connectivity index (χ1n) is 12.1. The van der Waals surface area contributed by atoms with Crippen molar-refractivity contribution in [1.29, 1.82) is 0 Å². The van der Waals surface area contributed by atoms with Crippen LogP contribution in [0, 0.1) is 0 Å². The van der Waals surface area contributed by atoms with Crippen molar-refractivity contribution in [2.24, 2.45) is 0 Å². The molecule has 2 unspecified atom stereocenters. The summed E-state index contributed by atoms with van der Waals surface area (Å²) in [5.41, 5.74) is 0. The van der Waals surface area contributed by atoms with E-state index < -0.39 is 16.9 Å².